The second-order valence-electron chi connectivity index (χ2n) is 9.28. The third-order valence-electron chi connectivity index (χ3n) is 6.63. The molecule has 9 heteroatoms. The van der Waals surface area contributed by atoms with E-state index in [1.165, 1.54) is 0 Å². The number of hydrogen-bond acceptors (Lipinski definition) is 6. The van der Waals surface area contributed by atoms with Crippen LogP contribution >= 0.6 is 0 Å². The number of carbonyl (C=O) groups is 1. The summed E-state index contributed by atoms with van der Waals surface area (Å²) in [4.78, 5) is 28.6. The van der Waals surface area contributed by atoms with Gasteiger partial charge in [-0.3, -0.25) is 14.6 Å². The van der Waals surface area contributed by atoms with Crippen LogP contribution < -0.4 is 5.56 Å². The van der Waals surface area contributed by atoms with Crippen molar-refractivity contribution < 1.29 is 14.6 Å². The number of rotatable bonds is 9. The highest BCUT2D eigenvalue weighted by atomic mass is 16.5. The Balaban J connectivity index is 1.63. The van der Waals surface area contributed by atoms with Gasteiger partial charge in [-0.1, -0.05) is 37.6 Å². The lowest BCUT2D eigenvalue weighted by atomic mass is 9.85. The first-order valence-corrected chi connectivity index (χ1v) is 12.3. The Morgan fingerprint density at radius 3 is 2.77 bits per heavy atom. The Morgan fingerprint density at radius 2 is 2.03 bits per heavy atom. The number of carboxylic acid groups (broad SMARTS) is 1. The standard InChI is InChI=1S/C26H33N5O4/c1-4-6-17-7-10-24(32)31(13-17)14-23-26(28-29-30(23)3)22-9-8-20(21(5-2)27-22)19-11-18(12-25(33)34)15-35-16-19/h7-10,13,18-19H,4-6,11-12,14-16H2,1-3H3,(H,33,34)/t18?,19-/m0/s1. The van der Waals surface area contributed by atoms with Crippen LogP contribution in [0.15, 0.2) is 35.3 Å². The first-order valence-electron chi connectivity index (χ1n) is 12.3. The first-order chi connectivity index (χ1) is 16.9. The molecule has 0 radical (unpaired) electrons. The van der Waals surface area contributed by atoms with Crippen molar-refractivity contribution in [2.24, 2.45) is 13.0 Å². The van der Waals surface area contributed by atoms with Crippen molar-refractivity contribution in [3.63, 3.8) is 0 Å². The molecule has 0 spiro atoms. The third-order valence-corrected chi connectivity index (χ3v) is 6.63. The highest BCUT2D eigenvalue weighted by Gasteiger charge is 2.28. The Kier molecular flexibility index (Phi) is 7.75. The summed E-state index contributed by atoms with van der Waals surface area (Å²) in [6.07, 6.45) is 5.46. The van der Waals surface area contributed by atoms with Crippen molar-refractivity contribution in [2.45, 2.75) is 58.4 Å². The average Bonchev–Trinajstić information content (AvgIpc) is 3.20. The van der Waals surface area contributed by atoms with E-state index in [0.717, 1.165) is 48.2 Å². The van der Waals surface area contributed by atoms with Crippen LogP contribution in [-0.2, 0) is 36.0 Å². The van der Waals surface area contributed by atoms with Crippen LogP contribution in [0.1, 0.15) is 61.5 Å². The minimum atomic E-state index is -0.794. The predicted molar refractivity (Wildman–Crippen MR) is 131 cm³/mol. The number of aromatic nitrogens is 5. The maximum atomic E-state index is 12.5. The van der Waals surface area contributed by atoms with Crippen molar-refractivity contribution in [2.75, 3.05) is 13.2 Å². The lowest BCUT2D eigenvalue weighted by molar-refractivity contribution is -0.139. The predicted octanol–water partition coefficient (Wildman–Crippen LogP) is 3.20. The molecule has 4 rings (SSSR count). The number of pyridine rings is 2. The largest absolute Gasteiger partial charge is 0.481 e. The van der Waals surface area contributed by atoms with Crippen molar-refractivity contribution in [1.82, 2.24) is 24.5 Å². The van der Waals surface area contributed by atoms with Crippen molar-refractivity contribution >= 4 is 5.97 Å². The quantitative estimate of drug-likeness (QED) is 0.501. The van der Waals surface area contributed by atoms with Crippen LogP contribution in [0.5, 0.6) is 0 Å². The molecule has 186 valence electrons. The van der Waals surface area contributed by atoms with Gasteiger partial charge in [0.25, 0.3) is 5.56 Å². The van der Waals surface area contributed by atoms with Gasteiger partial charge in [0.1, 0.15) is 5.69 Å². The summed E-state index contributed by atoms with van der Waals surface area (Å²) in [7, 11) is 1.82. The van der Waals surface area contributed by atoms with Crippen LogP contribution in [0.4, 0.5) is 0 Å². The van der Waals surface area contributed by atoms with Crippen LogP contribution in [0, 0.1) is 5.92 Å². The summed E-state index contributed by atoms with van der Waals surface area (Å²) < 4.78 is 9.14. The Bertz CT molecular complexity index is 1250. The molecule has 2 atom stereocenters. The molecule has 1 aliphatic heterocycles. The molecule has 35 heavy (non-hydrogen) atoms. The number of hydrogen-bond donors (Lipinski definition) is 1. The first kappa shape index (κ1) is 24.8. The van der Waals surface area contributed by atoms with E-state index in [2.05, 4.69) is 30.2 Å². The van der Waals surface area contributed by atoms with E-state index in [-0.39, 0.29) is 23.8 Å². The van der Waals surface area contributed by atoms with Crippen molar-refractivity contribution in [3.8, 4) is 11.4 Å². The zero-order valence-electron chi connectivity index (χ0n) is 20.6. The molecule has 0 amide bonds. The molecule has 0 saturated carbocycles. The molecule has 9 nitrogen and oxygen atoms in total. The molecule has 3 aromatic rings. The SMILES string of the molecule is CCCc1ccc(=O)n(Cc2c(-c3ccc([C@@H]4COCC(CC(=O)O)C4)c(CC)n3)nnn2C)c1. The topological polar surface area (TPSA) is 112 Å². The number of carboxylic acids is 1. The molecular weight excluding hydrogens is 446 g/mol. The molecule has 1 saturated heterocycles. The van der Waals surface area contributed by atoms with E-state index >= 15 is 0 Å². The summed E-state index contributed by atoms with van der Waals surface area (Å²) in [6, 6.07) is 7.50. The summed E-state index contributed by atoms with van der Waals surface area (Å²) in [5, 5.41) is 17.8. The molecule has 1 unspecified atom stereocenters. The highest BCUT2D eigenvalue weighted by molar-refractivity contribution is 5.67. The van der Waals surface area contributed by atoms with Gasteiger partial charge >= 0.3 is 5.97 Å². The van der Waals surface area contributed by atoms with Gasteiger partial charge in [0.15, 0.2) is 0 Å². The number of nitrogens with zero attached hydrogens (tertiary/aromatic N) is 5. The van der Waals surface area contributed by atoms with E-state index in [0.29, 0.717) is 31.1 Å². The molecule has 0 bridgehead atoms. The summed E-state index contributed by atoms with van der Waals surface area (Å²) >= 11 is 0. The molecule has 3 aromatic heterocycles. The summed E-state index contributed by atoms with van der Waals surface area (Å²) in [6.45, 7) is 5.58. The minimum absolute atomic E-state index is 0.00371. The Morgan fingerprint density at radius 1 is 1.20 bits per heavy atom. The van der Waals surface area contributed by atoms with Crippen LogP contribution in [0.25, 0.3) is 11.4 Å². The maximum Gasteiger partial charge on any atom is 0.303 e. The molecule has 0 aromatic carbocycles. The molecule has 1 aliphatic rings. The second kappa shape index (κ2) is 10.9. The van der Waals surface area contributed by atoms with Gasteiger partial charge in [-0.05, 0) is 42.4 Å². The smallest absolute Gasteiger partial charge is 0.303 e. The van der Waals surface area contributed by atoms with E-state index in [4.69, 9.17) is 9.72 Å². The average molecular weight is 480 g/mol. The fourth-order valence-corrected chi connectivity index (χ4v) is 4.88. The highest BCUT2D eigenvalue weighted by Crippen LogP contribution is 2.33. The van der Waals surface area contributed by atoms with Gasteiger partial charge in [-0.25, -0.2) is 4.68 Å². The number of aryl methyl sites for hydroxylation is 3. The molecule has 1 fully saturated rings. The van der Waals surface area contributed by atoms with Crippen molar-refractivity contribution in [1.29, 1.82) is 0 Å². The van der Waals surface area contributed by atoms with Crippen molar-refractivity contribution in [3.05, 3.63) is 63.3 Å². The van der Waals surface area contributed by atoms with Gasteiger partial charge < -0.3 is 14.4 Å². The normalized spacial score (nSPS) is 18.0. The van der Waals surface area contributed by atoms with Gasteiger partial charge in [-0.15, -0.1) is 5.10 Å². The molecule has 0 aliphatic carbocycles. The Labute approximate surface area is 204 Å². The maximum absolute atomic E-state index is 12.5. The lowest BCUT2D eigenvalue weighted by Crippen LogP contribution is -2.27. The van der Waals surface area contributed by atoms with Gasteiger partial charge in [0, 0.05) is 37.5 Å². The second-order valence-corrected chi connectivity index (χ2v) is 9.28. The van der Waals surface area contributed by atoms with Crippen LogP contribution in [0.3, 0.4) is 0 Å². The lowest BCUT2D eigenvalue weighted by Gasteiger charge is -2.29. The van der Waals surface area contributed by atoms with E-state index in [9.17, 15) is 14.7 Å². The monoisotopic (exact) mass is 479 g/mol. The fraction of sp³-hybridized carbons (Fsp3) is 0.500. The number of ether oxygens (including phenoxy) is 1. The minimum Gasteiger partial charge on any atom is -0.481 e. The van der Waals surface area contributed by atoms with Crippen LogP contribution in [-0.4, -0.2) is 48.8 Å². The molecule has 1 N–H and O–H groups in total. The zero-order valence-corrected chi connectivity index (χ0v) is 20.6. The van der Waals surface area contributed by atoms with Gasteiger partial charge in [0.05, 0.1) is 31.0 Å². The Hall–Kier alpha value is -3.33. The van der Waals surface area contributed by atoms with Gasteiger partial charge in [-0.2, -0.15) is 0 Å². The summed E-state index contributed by atoms with van der Waals surface area (Å²) in [5.74, 6) is -0.673. The molecular formula is C26H33N5O4. The van der Waals surface area contributed by atoms with Gasteiger partial charge in [0.2, 0.25) is 0 Å². The fourth-order valence-electron chi connectivity index (χ4n) is 4.88. The van der Waals surface area contributed by atoms with Crippen LogP contribution in [0.2, 0.25) is 0 Å². The molecule has 4 heterocycles. The zero-order chi connectivity index (χ0) is 24.9. The number of aliphatic carboxylic acids is 1. The third kappa shape index (κ3) is 5.67. The van der Waals surface area contributed by atoms with E-state index in [1.807, 2.05) is 25.4 Å². The summed E-state index contributed by atoms with van der Waals surface area (Å²) in [5.41, 5.74) is 5.28. The van der Waals surface area contributed by atoms with E-state index < -0.39 is 5.97 Å². The van der Waals surface area contributed by atoms with E-state index in [1.54, 1.807) is 15.3 Å².